The van der Waals surface area contributed by atoms with Crippen molar-refractivity contribution in [1.29, 1.82) is 0 Å². The third-order valence-corrected chi connectivity index (χ3v) is 6.22. The van der Waals surface area contributed by atoms with Crippen LogP contribution in [0, 0.1) is 0 Å². The van der Waals surface area contributed by atoms with Crippen LogP contribution in [0.15, 0.2) is 47.8 Å². The molecule has 3 amide bonds. The molecule has 7 heteroatoms. The Morgan fingerprint density at radius 3 is 2.42 bits per heavy atom. The first-order valence-corrected chi connectivity index (χ1v) is 9.66. The number of nitrogens with zero attached hydrogens (tertiary/aromatic N) is 3. The fourth-order valence-corrected chi connectivity index (χ4v) is 4.38. The zero-order valence-corrected chi connectivity index (χ0v) is 15.5. The summed E-state index contributed by atoms with van der Waals surface area (Å²) in [5, 5.41) is 4.79. The monoisotopic (exact) mass is 370 g/mol. The van der Waals surface area contributed by atoms with Gasteiger partial charge in [0, 0.05) is 36.7 Å². The van der Waals surface area contributed by atoms with Crippen molar-refractivity contribution in [3.63, 3.8) is 0 Å². The number of para-hydroxylation sites is 1. The van der Waals surface area contributed by atoms with Crippen LogP contribution in [0.3, 0.4) is 0 Å². The number of carbonyl (C=O) groups is 2. The number of nitrogens with one attached hydrogen (secondary N) is 1. The molecule has 6 nitrogen and oxygen atoms in total. The lowest BCUT2D eigenvalue weighted by Gasteiger charge is -2.37. The summed E-state index contributed by atoms with van der Waals surface area (Å²) in [5.41, 5.74) is 0.268. The Balaban J connectivity index is 1.39. The van der Waals surface area contributed by atoms with Gasteiger partial charge < -0.3 is 10.2 Å². The highest BCUT2D eigenvalue weighted by molar-refractivity contribution is 7.10. The van der Waals surface area contributed by atoms with Gasteiger partial charge in [-0.05, 0) is 30.5 Å². The Morgan fingerprint density at radius 2 is 1.77 bits per heavy atom. The molecule has 1 unspecified atom stereocenters. The van der Waals surface area contributed by atoms with E-state index >= 15 is 0 Å². The number of hydrogen-bond acceptors (Lipinski definition) is 5. The molecule has 4 rings (SSSR count). The van der Waals surface area contributed by atoms with Crippen molar-refractivity contribution in [1.82, 2.24) is 15.1 Å². The third-order valence-electron chi connectivity index (χ3n) is 5.12. The van der Waals surface area contributed by atoms with Crippen LogP contribution in [0.5, 0.6) is 0 Å². The molecular weight excluding hydrogens is 348 g/mol. The maximum atomic E-state index is 12.9. The molecule has 3 heterocycles. The number of anilines is 1. The van der Waals surface area contributed by atoms with E-state index in [2.05, 4.69) is 27.2 Å². The normalized spacial score (nSPS) is 24.2. The lowest BCUT2D eigenvalue weighted by molar-refractivity contribution is -0.132. The minimum Gasteiger partial charge on any atom is -0.369 e. The fraction of sp³-hybridized carbons (Fsp3) is 0.368. The summed E-state index contributed by atoms with van der Waals surface area (Å²) >= 11 is 1.49. The SMILES string of the molecule is CC1(c2cccs2)NC(=O)N(CN2CCN(c3ccccc3)CC2)C1=O. The van der Waals surface area contributed by atoms with Gasteiger partial charge >= 0.3 is 6.03 Å². The molecule has 26 heavy (non-hydrogen) atoms. The highest BCUT2D eigenvalue weighted by Crippen LogP contribution is 2.32. The van der Waals surface area contributed by atoms with Crippen LogP contribution < -0.4 is 10.2 Å². The second-order valence-corrected chi connectivity index (χ2v) is 7.80. The molecule has 1 aromatic heterocycles. The van der Waals surface area contributed by atoms with Gasteiger partial charge in [-0.15, -0.1) is 11.3 Å². The predicted molar refractivity (Wildman–Crippen MR) is 102 cm³/mol. The van der Waals surface area contributed by atoms with E-state index in [1.54, 1.807) is 6.92 Å². The molecule has 1 N–H and O–H groups in total. The van der Waals surface area contributed by atoms with Gasteiger partial charge in [-0.3, -0.25) is 9.69 Å². The first kappa shape index (κ1) is 17.1. The number of rotatable bonds is 4. The van der Waals surface area contributed by atoms with Gasteiger partial charge in [0.1, 0.15) is 0 Å². The van der Waals surface area contributed by atoms with Crippen molar-refractivity contribution >= 4 is 29.0 Å². The summed E-state index contributed by atoms with van der Waals surface area (Å²) in [6, 6.07) is 13.8. The summed E-state index contributed by atoms with van der Waals surface area (Å²) in [5.74, 6) is -0.171. The average molecular weight is 370 g/mol. The van der Waals surface area contributed by atoms with Crippen molar-refractivity contribution in [3.05, 3.63) is 52.7 Å². The average Bonchev–Trinajstić information content (AvgIpc) is 3.28. The van der Waals surface area contributed by atoms with E-state index in [1.165, 1.54) is 21.9 Å². The number of carbonyl (C=O) groups excluding carboxylic acids is 2. The molecule has 0 radical (unpaired) electrons. The molecule has 0 aliphatic carbocycles. The maximum Gasteiger partial charge on any atom is 0.326 e. The van der Waals surface area contributed by atoms with E-state index in [0.29, 0.717) is 6.67 Å². The molecular formula is C19H22N4O2S. The predicted octanol–water partition coefficient (Wildman–Crippen LogP) is 2.29. The molecule has 0 saturated carbocycles. The minimum absolute atomic E-state index is 0.171. The Hall–Kier alpha value is -2.38. The van der Waals surface area contributed by atoms with Crippen molar-refractivity contribution in [2.75, 3.05) is 37.7 Å². The number of amides is 3. The Kier molecular flexibility index (Phi) is 4.42. The minimum atomic E-state index is -0.947. The van der Waals surface area contributed by atoms with Crippen molar-refractivity contribution in [2.45, 2.75) is 12.5 Å². The summed E-state index contributed by atoms with van der Waals surface area (Å²) in [6.45, 7) is 5.54. The number of thiophene rings is 1. The van der Waals surface area contributed by atoms with E-state index in [-0.39, 0.29) is 11.9 Å². The zero-order valence-electron chi connectivity index (χ0n) is 14.7. The van der Waals surface area contributed by atoms with Crippen LogP contribution in [0.1, 0.15) is 11.8 Å². The molecule has 2 aliphatic heterocycles. The van der Waals surface area contributed by atoms with Gasteiger partial charge in [-0.2, -0.15) is 0 Å². The molecule has 1 atom stereocenters. The largest absolute Gasteiger partial charge is 0.369 e. The van der Waals surface area contributed by atoms with Crippen LogP contribution in [-0.2, 0) is 10.3 Å². The van der Waals surface area contributed by atoms with E-state index in [9.17, 15) is 9.59 Å². The van der Waals surface area contributed by atoms with Crippen molar-refractivity contribution < 1.29 is 9.59 Å². The number of hydrogen-bond donors (Lipinski definition) is 1. The van der Waals surface area contributed by atoms with Crippen LogP contribution in [0.2, 0.25) is 0 Å². The van der Waals surface area contributed by atoms with Gasteiger partial charge in [0.05, 0.1) is 6.67 Å². The molecule has 1 aromatic carbocycles. The topological polar surface area (TPSA) is 55.9 Å². The molecule has 2 aromatic rings. The van der Waals surface area contributed by atoms with Crippen LogP contribution in [-0.4, -0.2) is 54.6 Å². The molecule has 2 saturated heterocycles. The number of urea groups is 1. The fourth-order valence-electron chi connectivity index (χ4n) is 3.54. The van der Waals surface area contributed by atoms with Gasteiger partial charge in [0.15, 0.2) is 5.54 Å². The third kappa shape index (κ3) is 2.97. The Labute approximate surface area is 157 Å². The van der Waals surface area contributed by atoms with E-state index in [0.717, 1.165) is 31.1 Å². The number of piperazine rings is 1. The lowest BCUT2D eigenvalue weighted by Crippen LogP contribution is -2.51. The van der Waals surface area contributed by atoms with Gasteiger partial charge in [-0.1, -0.05) is 24.3 Å². The van der Waals surface area contributed by atoms with Gasteiger partial charge in [0.2, 0.25) is 0 Å². The molecule has 2 fully saturated rings. The van der Waals surface area contributed by atoms with E-state index in [4.69, 9.17) is 0 Å². The van der Waals surface area contributed by atoms with Crippen LogP contribution >= 0.6 is 11.3 Å². The summed E-state index contributed by atoms with van der Waals surface area (Å²) in [4.78, 5) is 32.0. The standard InChI is InChI=1S/C19H22N4O2S/c1-19(16-8-5-13-26-16)17(24)23(18(25)20-19)14-21-9-11-22(12-10-21)15-6-3-2-4-7-15/h2-8,13H,9-12,14H2,1H3,(H,20,25). The summed E-state index contributed by atoms with van der Waals surface area (Å²) in [7, 11) is 0. The first-order valence-electron chi connectivity index (χ1n) is 8.78. The van der Waals surface area contributed by atoms with Crippen molar-refractivity contribution in [3.8, 4) is 0 Å². The van der Waals surface area contributed by atoms with Gasteiger partial charge in [0.25, 0.3) is 5.91 Å². The van der Waals surface area contributed by atoms with Gasteiger partial charge in [-0.25, -0.2) is 9.69 Å². The Morgan fingerprint density at radius 1 is 1.04 bits per heavy atom. The van der Waals surface area contributed by atoms with Crippen LogP contribution in [0.25, 0.3) is 0 Å². The molecule has 0 spiro atoms. The lowest BCUT2D eigenvalue weighted by atomic mass is 10.0. The zero-order chi connectivity index (χ0) is 18.1. The molecule has 0 bridgehead atoms. The smallest absolute Gasteiger partial charge is 0.326 e. The number of imide groups is 1. The number of benzene rings is 1. The van der Waals surface area contributed by atoms with E-state index < -0.39 is 5.54 Å². The van der Waals surface area contributed by atoms with E-state index in [1.807, 2.05) is 35.7 Å². The highest BCUT2D eigenvalue weighted by atomic mass is 32.1. The van der Waals surface area contributed by atoms with Crippen LogP contribution in [0.4, 0.5) is 10.5 Å². The highest BCUT2D eigenvalue weighted by Gasteiger charge is 2.50. The first-order chi connectivity index (χ1) is 12.6. The Bertz CT molecular complexity index is 787. The quantitative estimate of drug-likeness (QED) is 0.839. The molecule has 136 valence electrons. The molecule has 2 aliphatic rings. The summed E-state index contributed by atoms with van der Waals surface area (Å²) < 4.78 is 0. The second kappa shape index (κ2) is 6.74. The summed E-state index contributed by atoms with van der Waals surface area (Å²) in [6.07, 6.45) is 0. The van der Waals surface area contributed by atoms with Crippen molar-refractivity contribution in [2.24, 2.45) is 0 Å². The second-order valence-electron chi connectivity index (χ2n) is 6.85. The maximum absolute atomic E-state index is 12.9.